The number of aliphatic hydroxyl groups is 3. The molecule has 0 aromatic carbocycles. The summed E-state index contributed by atoms with van der Waals surface area (Å²) in [5, 5.41) is 29.1. The Morgan fingerprint density at radius 2 is 2.32 bits per heavy atom. The number of nitrogens with zero attached hydrogens (tertiary/aromatic N) is 1. The molecule has 0 saturated carbocycles. The number of hydrogen-bond acceptors (Lipinski definition) is 6. The summed E-state index contributed by atoms with van der Waals surface area (Å²) in [5.74, 6) is 2.14. The Morgan fingerprint density at radius 1 is 1.63 bits per heavy atom. The van der Waals surface area contributed by atoms with Crippen LogP contribution in [0, 0.1) is 17.1 Å². The molecular formula is C11H12N2O5S. The zero-order valence-electron chi connectivity index (χ0n) is 9.68. The van der Waals surface area contributed by atoms with Gasteiger partial charge in [-0.25, -0.2) is 0 Å². The molecule has 4 atom stereocenters. The first-order valence-electron chi connectivity index (χ1n) is 5.39. The second kappa shape index (κ2) is 4.88. The number of aromatic amines is 1. The van der Waals surface area contributed by atoms with Gasteiger partial charge in [0.2, 0.25) is 0 Å². The van der Waals surface area contributed by atoms with Crippen molar-refractivity contribution >= 4 is 12.2 Å². The first kappa shape index (κ1) is 13.9. The van der Waals surface area contributed by atoms with Crippen LogP contribution in [-0.2, 0) is 4.74 Å². The van der Waals surface area contributed by atoms with Gasteiger partial charge >= 0.3 is 0 Å². The number of terminal acetylenes is 1. The maximum Gasteiger partial charge on any atom is 0.251 e. The van der Waals surface area contributed by atoms with E-state index in [0.717, 1.165) is 0 Å². The lowest BCUT2D eigenvalue weighted by atomic mass is 9.97. The molecule has 0 amide bonds. The Bertz CT molecular complexity index is 633. The van der Waals surface area contributed by atoms with Crippen molar-refractivity contribution < 1.29 is 20.1 Å². The zero-order chi connectivity index (χ0) is 14.2. The molecule has 19 heavy (non-hydrogen) atoms. The minimum absolute atomic E-state index is 0.00881. The lowest BCUT2D eigenvalue weighted by molar-refractivity contribution is -0.0930. The largest absolute Gasteiger partial charge is 0.392 e. The summed E-state index contributed by atoms with van der Waals surface area (Å²) in [6.07, 6.45) is 2.59. The molecule has 0 aliphatic carbocycles. The fourth-order valence-corrected chi connectivity index (χ4v) is 2.20. The lowest BCUT2D eigenvalue weighted by Crippen LogP contribution is -2.44. The summed E-state index contributed by atoms with van der Waals surface area (Å²) in [4.78, 5) is 13.4. The molecule has 0 radical (unpaired) electrons. The number of hydrogen-bond donors (Lipinski definition) is 4. The first-order valence-corrected chi connectivity index (χ1v) is 5.80. The Hall–Kier alpha value is -1.50. The molecule has 0 bridgehead atoms. The van der Waals surface area contributed by atoms with Crippen LogP contribution in [0.15, 0.2) is 17.1 Å². The average molecular weight is 284 g/mol. The maximum atomic E-state index is 11.1. The summed E-state index contributed by atoms with van der Waals surface area (Å²) in [6, 6.07) is 1.19. The van der Waals surface area contributed by atoms with Gasteiger partial charge in [0.15, 0.2) is 16.6 Å². The monoisotopic (exact) mass is 284 g/mol. The van der Waals surface area contributed by atoms with Gasteiger partial charge in [0.05, 0.1) is 6.61 Å². The Morgan fingerprint density at radius 3 is 2.79 bits per heavy atom. The molecule has 1 fully saturated rings. The third-order valence-electron chi connectivity index (χ3n) is 3.03. The van der Waals surface area contributed by atoms with Crippen molar-refractivity contribution in [2.75, 3.05) is 6.61 Å². The van der Waals surface area contributed by atoms with E-state index in [1.165, 1.54) is 16.8 Å². The second-order valence-electron chi connectivity index (χ2n) is 4.15. The van der Waals surface area contributed by atoms with E-state index in [1.807, 2.05) is 0 Å². The molecule has 102 valence electrons. The molecule has 2 heterocycles. The number of ether oxygens (including phenoxy) is 1. The highest BCUT2D eigenvalue weighted by molar-refractivity contribution is 7.71. The van der Waals surface area contributed by atoms with Gasteiger partial charge in [-0.1, -0.05) is 5.92 Å². The Kier molecular flexibility index (Phi) is 3.58. The predicted octanol–water partition coefficient (Wildman–Crippen LogP) is -1.48. The molecule has 0 spiro atoms. The Balaban J connectivity index is 2.46. The van der Waals surface area contributed by atoms with Crippen LogP contribution in [0.3, 0.4) is 0 Å². The Labute approximate surface area is 113 Å². The number of rotatable bonds is 2. The van der Waals surface area contributed by atoms with Crippen molar-refractivity contribution in [3.05, 3.63) is 27.4 Å². The van der Waals surface area contributed by atoms with Crippen molar-refractivity contribution in [1.82, 2.24) is 9.55 Å². The van der Waals surface area contributed by atoms with Crippen LogP contribution in [0.1, 0.15) is 6.23 Å². The highest BCUT2D eigenvalue weighted by atomic mass is 32.1. The summed E-state index contributed by atoms with van der Waals surface area (Å²) in [7, 11) is 0. The van der Waals surface area contributed by atoms with Gasteiger partial charge in [0, 0.05) is 12.3 Å². The smallest absolute Gasteiger partial charge is 0.251 e. The van der Waals surface area contributed by atoms with Crippen LogP contribution in [-0.4, -0.2) is 49.3 Å². The molecule has 1 aliphatic rings. The van der Waals surface area contributed by atoms with E-state index in [1.54, 1.807) is 0 Å². The fraction of sp³-hybridized carbons (Fsp3) is 0.455. The van der Waals surface area contributed by atoms with Crippen molar-refractivity contribution in [2.45, 2.75) is 24.0 Å². The van der Waals surface area contributed by atoms with Gasteiger partial charge in [0.1, 0.15) is 12.2 Å². The SMILES string of the molecule is C#C[C@]1(CO)O[C@@H](n2ccc(=O)[nH]c2=S)[C@@H](O)[C@H]1O. The highest BCUT2D eigenvalue weighted by Gasteiger charge is 2.53. The molecule has 7 nitrogen and oxygen atoms in total. The van der Waals surface area contributed by atoms with E-state index in [4.69, 9.17) is 23.4 Å². The number of aliphatic hydroxyl groups excluding tert-OH is 3. The summed E-state index contributed by atoms with van der Waals surface area (Å²) in [6.45, 7) is -0.658. The van der Waals surface area contributed by atoms with E-state index in [0.29, 0.717) is 0 Å². The van der Waals surface area contributed by atoms with Crippen LogP contribution in [0.5, 0.6) is 0 Å². The quantitative estimate of drug-likeness (QED) is 0.390. The lowest BCUT2D eigenvalue weighted by Gasteiger charge is -2.23. The molecule has 0 unspecified atom stereocenters. The van der Waals surface area contributed by atoms with Crippen molar-refractivity contribution in [3.63, 3.8) is 0 Å². The van der Waals surface area contributed by atoms with E-state index in [2.05, 4.69) is 10.9 Å². The standard InChI is InChI=1S/C11H12N2O5S/c1-2-11(5-14)8(17)7(16)9(18-11)13-4-3-6(15)12-10(13)19/h1,3-4,7-9,14,16-17H,5H2,(H,12,15,19)/t7-,8+,9+,11+/m0/s1. The first-order chi connectivity index (χ1) is 8.95. The summed E-state index contributed by atoms with van der Waals surface area (Å²) >= 11 is 4.94. The highest BCUT2D eigenvalue weighted by Crippen LogP contribution is 2.36. The molecule has 1 aliphatic heterocycles. The molecular weight excluding hydrogens is 272 g/mol. The van der Waals surface area contributed by atoms with Crippen molar-refractivity contribution in [3.8, 4) is 12.3 Å². The molecule has 1 aromatic rings. The number of H-pyrrole nitrogens is 1. The number of nitrogens with one attached hydrogen (secondary N) is 1. The van der Waals surface area contributed by atoms with Crippen molar-refractivity contribution in [2.24, 2.45) is 0 Å². The molecule has 4 N–H and O–H groups in total. The third-order valence-corrected chi connectivity index (χ3v) is 3.34. The fourth-order valence-electron chi connectivity index (χ4n) is 1.93. The van der Waals surface area contributed by atoms with Gasteiger partial charge in [0.25, 0.3) is 5.56 Å². The molecule has 8 heteroatoms. The van der Waals surface area contributed by atoms with Gasteiger partial charge < -0.3 is 20.1 Å². The van der Waals surface area contributed by atoms with Gasteiger partial charge in [-0.3, -0.25) is 14.3 Å². The van der Waals surface area contributed by atoms with Crippen LogP contribution in [0.25, 0.3) is 0 Å². The van der Waals surface area contributed by atoms with Crippen LogP contribution in [0.4, 0.5) is 0 Å². The molecule has 1 saturated heterocycles. The van der Waals surface area contributed by atoms with E-state index in [9.17, 15) is 20.1 Å². The topological polar surface area (TPSA) is 108 Å². The van der Waals surface area contributed by atoms with Gasteiger partial charge in [-0.05, 0) is 12.2 Å². The normalized spacial score (nSPS) is 34.1. The van der Waals surface area contributed by atoms with Crippen LogP contribution >= 0.6 is 12.2 Å². The average Bonchev–Trinajstić information content (AvgIpc) is 2.64. The van der Waals surface area contributed by atoms with Crippen LogP contribution in [0.2, 0.25) is 0 Å². The van der Waals surface area contributed by atoms with Gasteiger partial charge in [-0.2, -0.15) is 0 Å². The van der Waals surface area contributed by atoms with E-state index in [-0.39, 0.29) is 4.77 Å². The van der Waals surface area contributed by atoms with Crippen LogP contribution < -0.4 is 5.56 Å². The van der Waals surface area contributed by atoms with E-state index < -0.39 is 36.2 Å². The van der Waals surface area contributed by atoms with E-state index >= 15 is 0 Å². The minimum atomic E-state index is -1.70. The van der Waals surface area contributed by atoms with Crippen molar-refractivity contribution in [1.29, 1.82) is 0 Å². The second-order valence-corrected chi connectivity index (χ2v) is 4.54. The third kappa shape index (κ3) is 2.11. The maximum absolute atomic E-state index is 11.1. The number of aromatic nitrogens is 2. The minimum Gasteiger partial charge on any atom is -0.392 e. The molecule has 2 rings (SSSR count). The summed E-state index contributed by atoms with van der Waals surface area (Å²) < 4.78 is 6.62. The molecule has 1 aromatic heterocycles. The summed E-state index contributed by atoms with van der Waals surface area (Å²) in [5.41, 5.74) is -2.10. The van der Waals surface area contributed by atoms with Gasteiger partial charge in [-0.15, -0.1) is 6.42 Å². The predicted molar refractivity (Wildman–Crippen MR) is 66.7 cm³/mol. The zero-order valence-corrected chi connectivity index (χ0v) is 10.5.